The number of hydrogen-bond donors (Lipinski definition) is 0. The first-order valence-electron chi connectivity index (χ1n) is 27.9. The van der Waals surface area contributed by atoms with E-state index >= 15 is 0 Å². The van der Waals surface area contributed by atoms with Crippen molar-refractivity contribution in [1.82, 2.24) is 0 Å². The van der Waals surface area contributed by atoms with Crippen LogP contribution in [-0.2, 0) is 5.41 Å². The minimum atomic E-state index is -0.231. The van der Waals surface area contributed by atoms with Crippen molar-refractivity contribution < 1.29 is 0 Å². The predicted octanol–water partition coefficient (Wildman–Crippen LogP) is 19.4. The Bertz CT molecular complexity index is 4370. The maximum Gasteiger partial charge on any atom is 0.252 e. The number of benzene rings is 12. The van der Waals surface area contributed by atoms with Crippen molar-refractivity contribution in [3.05, 3.63) is 285 Å². The van der Waals surface area contributed by atoms with Gasteiger partial charge in [-0.25, -0.2) is 0 Å². The highest BCUT2D eigenvalue weighted by Crippen LogP contribution is 2.54. The van der Waals surface area contributed by atoms with E-state index < -0.39 is 0 Å². The van der Waals surface area contributed by atoms with E-state index in [2.05, 4.69) is 310 Å². The van der Waals surface area contributed by atoms with Gasteiger partial charge in [0.05, 0.1) is 11.4 Å². The van der Waals surface area contributed by atoms with Gasteiger partial charge in [0, 0.05) is 65.2 Å². The first-order chi connectivity index (χ1) is 39.4. The maximum atomic E-state index is 2.67. The molecule has 0 saturated heterocycles. The fourth-order valence-corrected chi connectivity index (χ4v) is 14.1. The van der Waals surface area contributed by atoms with Crippen molar-refractivity contribution in [2.24, 2.45) is 0 Å². The highest BCUT2D eigenvalue weighted by molar-refractivity contribution is 7.26. The van der Waals surface area contributed by atoms with Crippen LogP contribution in [0.15, 0.2) is 279 Å². The Hall–Kier alpha value is -9.48. The second-order valence-corrected chi connectivity index (χ2v) is 23.4. The van der Waals surface area contributed by atoms with Gasteiger partial charge in [0.1, 0.15) is 0 Å². The molecular weight excluding hydrogens is 984 g/mol. The summed E-state index contributed by atoms with van der Waals surface area (Å²) in [5.74, 6) is 0. The lowest BCUT2D eigenvalue weighted by atomic mass is 9.33. The summed E-state index contributed by atoms with van der Waals surface area (Å²) >= 11 is 1.90. The number of rotatable bonds is 8. The summed E-state index contributed by atoms with van der Waals surface area (Å²) < 4.78 is 2.62. The summed E-state index contributed by atoms with van der Waals surface area (Å²) in [7, 11) is 0. The average Bonchev–Trinajstić information content (AvgIpc) is 3.34. The third-order valence-electron chi connectivity index (χ3n) is 16.6. The Balaban J connectivity index is 1.12. The Labute approximate surface area is 473 Å². The topological polar surface area (TPSA) is 6.48 Å². The molecule has 2 nitrogen and oxygen atoms in total. The van der Waals surface area contributed by atoms with E-state index in [4.69, 9.17) is 0 Å². The zero-order valence-corrected chi connectivity index (χ0v) is 45.8. The van der Waals surface area contributed by atoms with Crippen LogP contribution in [0.1, 0.15) is 26.3 Å². The summed E-state index contributed by atoms with van der Waals surface area (Å²) in [6.07, 6.45) is 0. The Kier molecular flexibility index (Phi) is 11.4. The first kappa shape index (κ1) is 47.7. The zero-order chi connectivity index (χ0) is 53.5. The van der Waals surface area contributed by atoms with E-state index in [1.165, 1.54) is 132 Å². The van der Waals surface area contributed by atoms with Crippen molar-refractivity contribution in [2.45, 2.75) is 26.2 Å². The quantitative estimate of drug-likeness (QED) is 0.140. The van der Waals surface area contributed by atoms with Crippen LogP contribution in [0.4, 0.5) is 34.1 Å². The van der Waals surface area contributed by atoms with E-state index in [1.807, 2.05) is 11.3 Å². The number of nitrogens with zero attached hydrogens (tertiary/aromatic N) is 2. The molecule has 13 aromatic rings. The Morgan fingerprint density at radius 3 is 1.18 bits per heavy atom. The van der Waals surface area contributed by atoms with E-state index in [0.29, 0.717) is 0 Å². The molecule has 378 valence electrons. The number of fused-ring (bicyclic) bond motifs is 7. The normalized spacial score (nSPS) is 12.6. The van der Waals surface area contributed by atoms with Crippen LogP contribution in [0.5, 0.6) is 0 Å². The third kappa shape index (κ3) is 7.85. The smallest absolute Gasteiger partial charge is 0.252 e. The second-order valence-electron chi connectivity index (χ2n) is 22.3. The van der Waals surface area contributed by atoms with Gasteiger partial charge >= 0.3 is 0 Å². The lowest BCUT2D eigenvalue weighted by molar-refractivity contribution is 0.590. The SMILES string of the molecule is CC(C)(C)c1cc2c3c(c1)N(c1c(-c4ccccc4)cccc1-c1ccccc1)c1ccc(-c4cccc5c4sc4ccccc45)cc1B3c1cc(-c3ccccc3)ccc1N2c1c(-c2ccccc2)cccc1-c1ccccc1. The molecule has 0 saturated carbocycles. The van der Waals surface area contributed by atoms with Gasteiger partial charge in [0.25, 0.3) is 6.71 Å². The van der Waals surface area contributed by atoms with Gasteiger partial charge in [0.15, 0.2) is 0 Å². The van der Waals surface area contributed by atoms with Crippen molar-refractivity contribution in [3.63, 3.8) is 0 Å². The van der Waals surface area contributed by atoms with Crippen LogP contribution in [0.25, 0.3) is 86.9 Å². The van der Waals surface area contributed by atoms with Gasteiger partial charge in [-0.1, -0.05) is 269 Å². The molecule has 0 atom stereocenters. The summed E-state index contributed by atoms with van der Waals surface area (Å²) in [5, 5.41) is 2.60. The molecule has 0 fully saturated rings. The molecule has 80 heavy (non-hydrogen) atoms. The molecule has 0 radical (unpaired) electrons. The van der Waals surface area contributed by atoms with Gasteiger partial charge in [-0.15, -0.1) is 11.3 Å². The fourth-order valence-electron chi connectivity index (χ4n) is 12.8. The van der Waals surface area contributed by atoms with Crippen LogP contribution < -0.4 is 26.2 Å². The van der Waals surface area contributed by atoms with E-state index in [9.17, 15) is 0 Å². The molecule has 0 bridgehead atoms. The van der Waals surface area contributed by atoms with E-state index in [1.54, 1.807) is 0 Å². The average molecular weight is 1040 g/mol. The van der Waals surface area contributed by atoms with Crippen molar-refractivity contribution in [2.75, 3.05) is 9.80 Å². The Morgan fingerprint density at radius 1 is 0.312 bits per heavy atom. The highest BCUT2D eigenvalue weighted by atomic mass is 32.1. The summed E-state index contributed by atoms with van der Waals surface area (Å²) in [4.78, 5) is 5.32. The van der Waals surface area contributed by atoms with Crippen molar-refractivity contribution in [3.8, 4) is 66.8 Å². The standard InChI is InChI=1S/C76H55BN2S/c1-76(2,3)57-48-69-72-70(49-57)79(74-60(53-30-15-7-16-31-53)37-22-38-61(74)54-32-17-8-18-33-54)68-45-43-56(62-39-23-40-64-63-34-19-20-41-71(63)80-75(62)64)47-66(68)77(72)65-46-55(50-24-9-4-10-25-50)42-44-67(65)78(69)73-58(51-26-11-5-12-27-51)35-21-36-59(73)52-28-13-6-14-29-52/h4-49H,1-3H3. The van der Waals surface area contributed by atoms with Crippen LogP contribution in [0.2, 0.25) is 0 Å². The lowest BCUT2D eigenvalue weighted by Crippen LogP contribution is -2.61. The van der Waals surface area contributed by atoms with Crippen LogP contribution in [-0.4, -0.2) is 6.71 Å². The molecule has 4 heteroatoms. The number of anilines is 6. The van der Waals surface area contributed by atoms with Crippen LogP contribution in [0.3, 0.4) is 0 Å². The first-order valence-corrected chi connectivity index (χ1v) is 28.7. The molecule has 3 heterocycles. The Morgan fingerprint density at radius 2 is 0.700 bits per heavy atom. The molecule has 12 aromatic carbocycles. The fraction of sp³-hybridized carbons (Fsp3) is 0.0526. The lowest BCUT2D eigenvalue weighted by Gasteiger charge is -2.46. The molecule has 0 spiro atoms. The van der Waals surface area contributed by atoms with Gasteiger partial charge in [-0.3, -0.25) is 0 Å². The number of hydrogen-bond acceptors (Lipinski definition) is 3. The zero-order valence-electron chi connectivity index (χ0n) is 44.9. The van der Waals surface area contributed by atoms with Gasteiger partial charge in [-0.2, -0.15) is 0 Å². The predicted molar refractivity (Wildman–Crippen MR) is 345 cm³/mol. The molecule has 2 aliphatic rings. The highest BCUT2D eigenvalue weighted by Gasteiger charge is 2.46. The van der Waals surface area contributed by atoms with Crippen LogP contribution in [0, 0.1) is 0 Å². The molecule has 0 aliphatic carbocycles. The van der Waals surface area contributed by atoms with E-state index in [-0.39, 0.29) is 12.1 Å². The second kappa shape index (κ2) is 19.2. The van der Waals surface area contributed by atoms with Crippen molar-refractivity contribution in [1.29, 1.82) is 0 Å². The molecular formula is C76H55BN2S. The summed E-state index contributed by atoms with van der Waals surface area (Å²) in [5.41, 5.74) is 26.1. The van der Waals surface area contributed by atoms with Gasteiger partial charge < -0.3 is 9.80 Å². The molecule has 0 N–H and O–H groups in total. The molecule has 15 rings (SSSR count). The number of para-hydroxylation sites is 2. The molecule has 0 unspecified atom stereocenters. The molecule has 0 amide bonds. The van der Waals surface area contributed by atoms with Gasteiger partial charge in [0.2, 0.25) is 0 Å². The minimum absolute atomic E-state index is 0.162. The molecule has 2 aliphatic heterocycles. The third-order valence-corrected chi connectivity index (χ3v) is 17.8. The van der Waals surface area contributed by atoms with Gasteiger partial charge in [-0.05, 0) is 102 Å². The number of thiophene rings is 1. The van der Waals surface area contributed by atoms with E-state index in [0.717, 1.165) is 11.4 Å². The summed E-state index contributed by atoms with van der Waals surface area (Å²) in [6, 6.07) is 104. The minimum Gasteiger partial charge on any atom is -0.310 e. The summed E-state index contributed by atoms with van der Waals surface area (Å²) in [6.45, 7) is 6.95. The monoisotopic (exact) mass is 1040 g/mol. The molecule has 1 aromatic heterocycles. The van der Waals surface area contributed by atoms with Crippen LogP contribution >= 0.6 is 11.3 Å². The maximum absolute atomic E-state index is 2.67. The largest absolute Gasteiger partial charge is 0.310 e. The van der Waals surface area contributed by atoms with Crippen molar-refractivity contribution >= 4 is 88.7 Å².